The lowest BCUT2D eigenvalue weighted by Gasteiger charge is -2.57. The molecule has 2 N–H and O–H groups in total. The van der Waals surface area contributed by atoms with E-state index in [0.29, 0.717) is 12.0 Å². The molecule has 0 radical (unpaired) electrons. The minimum atomic E-state index is -0.966. The van der Waals surface area contributed by atoms with Crippen LogP contribution in [0.1, 0.15) is 60.0 Å². The fourth-order valence-corrected chi connectivity index (χ4v) is 7.23. The highest BCUT2D eigenvalue weighted by Crippen LogP contribution is 2.61. The van der Waals surface area contributed by atoms with Gasteiger partial charge in [0.15, 0.2) is 0 Å². The Morgan fingerprint density at radius 3 is 2.30 bits per heavy atom. The molecule has 0 unspecified atom stereocenters. The summed E-state index contributed by atoms with van der Waals surface area (Å²) in [5, 5.41) is 17.4. The molecule has 6 heteroatoms. The van der Waals surface area contributed by atoms with Crippen molar-refractivity contribution in [3.63, 3.8) is 0 Å². The Morgan fingerprint density at radius 2 is 1.73 bits per heavy atom. The van der Waals surface area contributed by atoms with E-state index in [9.17, 15) is 4.79 Å². The highest BCUT2D eigenvalue weighted by Gasteiger charge is 2.51. The number of hydrogen-bond acceptors (Lipinski definition) is 3. The van der Waals surface area contributed by atoms with Crippen LogP contribution in [0.5, 0.6) is 0 Å². The highest BCUT2D eigenvalue weighted by atomic mass is 35.5. The number of carbonyl (C=O) groups is 1. The Morgan fingerprint density at radius 1 is 1.06 bits per heavy atom. The second kappa shape index (κ2) is 7.91. The van der Waals surface area contributed by atoms with Crippen LogP contribution in [0.3, 0.4) is 0 Å². The minimum absolute atomic E-state index is 0.194. The third-order valence-corrected chi connectivity index (χ3v) is 8.39. The molecule has 7 rings (SSSR count). The number of carboxylic acid groups (broad SMARTS) is 1. The lowest BCUT2D eigenvalue weighted by atomic mass is 9.48. The normalized spacial score (nSPS) is 27.6. The van der Waals surface area contributed by atoms with Crippen LogP contribution >= 0.6 is 11.6 Å². The van der Waals surface area contributed by atoms with Gasteiger partial charge in [0.05, 0.1) is 29.0 Å². The minimum Gasteiger partial charge on any atom is -0.478 e. The first kappa shape index (κ1) is 20.8. The van der Waals surface area contributed by atoms with Gasteiger partial charge in [0, 0.05) is 11.9 Å². The summed E-state index contributed by atoms with van der Waals surface area (Å²) in [5.41, 5.74) is 4.92. The number of aromatic carboxylic acids is 1. The molecule has 3 aromatic rings. The number of anilines is 2. The van der Waals surface area contributed by atoms with Crippen LogP contribution in [0.2, 0.25) is 5.02 Å². The molecule has 4 bridgehead atoms. The lowest BCUT2D eigenvalue weighted by molar-refractivity contribution is -0.00518. The number of hydrogen-bond donors (Lipinski definition) is 2. The molecule has 5 nitrogen and oxygen atoms in total. The second-order valence-corrected chi connectivity index (χ2v) is 10.9. The van der Waals surface area contributed by atoms with E-state index < -0.39 is 5.97 Å². The van der Waals surface area contributed by atoms with E-state index in [4.69, 9.17) is 16.7 Å². The molecule has 2 aromatic carbocycles. The third-order valence-electron chi connectivity index (χ3n) is 8.08. The van der Waals surface area contributed by atoms with Crippen LogP contribution in [-0.4, -0.2) is 20.9 Å². The van der Waals surface area contributed by atoms with Gasteiger partial charge >= 0.3 is 5.97 Å². The zero-order valence-corrected chi connectivity index (χ0v) is 19.3. The van der Waals surface area contributed by atoms with Gasteiger partial charge in [-0.15, -0.1) is 0 Å². The van der Waals surface area contributed by atoms with Gasteiger partial charge in [-0.2, -0.15) is 5.10 Å². The molecule has 4 saturated carbocycles. The molecule has 0 aliphatic heterocycles. The van der Waals surface area contributed by atoms with Gasteiger partial charge in [0.25, 0.3) is 0 Å². The molecule has 4 aliphatic carbocycles. The van der Waals surface area contributed by atoms with Gasteiger partial charge in [-0.3, -0.25) is 4.68 Å². The van der Waals surface area contributed by atoms with Crippen molar-refractivity contribution in [3.8, 4) is 0 Å². The van der Waals surface area contributed by atoms with Crippen molar-refractivity contribution in [2.45, 2.75) is 50.5 Å². The maximum atomic E-state index is 11.0. The van der Waals surface area contributed by atoms with Crippen LogP contribution < -0.4 is 5.32 Å². The number of rotatable bonds is 6. The van der Waals surface area contributed by atoms with Crippen molar-refractivity contribution in [2.24, 2.45) is 17.8 Å². The van der Waals surface area contributed by atoms with Gasteiger partial charge < -0.3 is 10.4 Å². The van der Waals surface area contributed by atoms with Crippen LogP contribution in [0, 0.1) is 17.8 Å². The number of aromatic nitrogens is 2. The van der Waals surface area contributed by atoms with Crippen molar-refractivity contribution >= 4 is 28.9 Å². The fraction of sp³-hybridized carbons (Fsp3) is 0.407. The van der Waals surface area contributed by atoms with E-state index in [1.807, 2.05) is 24.3 Å². The molecule has 1 heterocycles. The zero-order valence-electron chi connectivity index (χ0n) is 18.5. The van der Waals surface area contributed by atoms with E-state index >= 15 is 0 Å². The van der Waals surface area contributed by atoms with E-state index in [1.165, 1.54) is 50.3 Å². The van der Waals surface area contributed by atoms with E-state index in [1.54, 1.807) is 10.9 Å². The van der Waals surface area contributed by atoms with E-state index in [-0.39, 0.29) is 5.56 Å². The number of nitrogens with one attached hydrogen (secondary N) is 1. The fourth-order valence-electron chi connectivity index (χ4n) is 7.01. The average Bonchev–Trinajstić information content (AvgIpc) is 3.24. The zero-order chi connectivity index (χ0) is 22.6. The average molecular weight is 462 g/mol. The first-order valence-corrected chi connectivity index (χ1v) is 12.3. The number of carboxylic acids is 1. The molecule has 0 saturated heterocycles. The monoisotopic (exact) mass is 461 g/mol. The quantitative estimate of drug-likeness (QED) is 0.440. The predicted molar refractivity (Wildman–Crippen MR) is 129 cm³/mol. The summed E-state index contributed by atoms with van der Waals surface area (Å²) in [6, 6.07) is 14.7. The molecular formula is C27H28ClN3O2. The molecule has 0 atom stereocenters. The van der Waals surface area contributed by atoms with E-state index in [2.05, 4.69) is 28.6 Å². The molecule has 4 fully saturated rings. The van der Waals surface area contributed by atoms with Crippen LogP contribution in [0.25, 0.3) is 0 Å². The molecule has 0 amide bonds. The Labute approximate surface area is 198 Å². The Kier molecular flexibility index (Phi) is 4.98. The van der Waals surface area contributed by atoms with Gasteiger partial charge in [0.2, 0.25) is 0 Å². The predicted octanol–water partition coefficient (Wildman–Crippen LogP) is 6.49. The van der Waals surface area contributed by atoms with Gasteiger partial charge in [-0.1, -0.05) is 29.8 Å². The molecule has 1 aromatic heterocycles. The summed E-state index contributed by atoms with van der Waals surface area (Å²) in [4.78, 5) is 11.0. The smallest absolute Gasteiger partial charge is 0.338 e. The van der Waals surface area contributed by atoms with Crippen molar-refractivity contribution in [1.82, 2.24) is 9.78 Å². The van der Waals surface area contributed by atoms with Crippen LogP contribution in [0.4, 0.5) is 11.4 Å². The lowest BCUT2D eigenvalue weighted by Crippen LogP contribution is -2.48. The maximum absolute atomic E-state index is 11.0. The van der Waals surface area contributed by atoms with Crippen LogP contribution in [-0.2, 0) is 12.0 Å². The van der Waals surface area contributed by atoms with E-state index in [0.717, 1.165) is 39.7 Å². The molecular weight excluding hydrogens is 434 g/mol. The Balaban J connectivity index is 1.15. The second-order valence-electron chi connectivity index (χ2n) is 10.4. The highest BCUT2D eigenvalue weighted by molar-refractivity contribution is 6.33. The standard InChI is InChI=1S/C27H28ClN3O2/c28-24-10-22(27-11-18-7-19(12-27)9-20(8-18)13-27)3-6-25(24)30-23-4-1-17(2-5-23)15-31-16-21(14-29-31)26(32)33/h1-6,10,14,16,18-20,30H,7-9,11-13,15H2,(H,32,33). The topological polar surface area (TPSA) is 67.1 Å². The number of halogens is 1. The summed E-state index contributed by atoms with van der Waals surface area (Å²) in [7, 11) is 0. The molecule has 4 aliphatic rings. The van der Waals surface area contributed by atoms with Crippen molar-refractivity contribution in [3.05, 3.63) is 76.6 Å². The molecule has 0 spiro atoms. The largest absolute Gasteiger partial charge is 0.478 e. The van der Waals surface area contributed by atoms with Gasteiger partial charge in [0.1, 0.15) is 0 Å². The van der Waals surface area contributed by atoms with Crippen molar-refractivity contribution in [1.29, 1.82) is 0 Å². The summed E-state index contributed by atoms with van der Waals surface area (Å²) in [6.45, 7) is 0.522. The Bertz CT molecular complexity index is 1170. The summed E-state index contributed by atoms with van der Waals surface area (Å²) in [6.07, 6.45) is 11.3. The summed E-state index contributed by atoms with van der Waals surface area (Å²) < 4.78 is 1.63. The molecule has 33 heavy (non-hydrogen) atoms. The van der Waals surface area contributed by atoms with Crippen molar-refractivity contribution < 1.29 is 9.90 Å². The van der Waals surface area contributed by atoms with Crippen molar-refractivity contribution in [2.75, 3.05) is 5.32 Å². The number of benzene rings is 2. The first-order valence-electron chi connectivity index (χ1n) is 11.9. The Hall–Kier alpha value is -2.79. The van der Waals surface area contributed by atoms with Crippen LogP contribution in [0.15, 0.2) is 54.9 Å². The number of nitrogens with zero attached hydrogens (tertiary/aromatic N) is 2. The summed E-state index contributed by atoms with van der Waals surface area (Å²) >= 11 is 6.76. The maximum Gasteiger partial charge on any atom is 0.338 e. The molecule has 170 valence electrons. The first-order chi connectivity index (χ1) is 16.0. The summed E-state index contributed by atoms with van der Waals surface area (Å²) in [5.74, 6) is 1.79. The van der Waals surface area contributed by atoms with Gasteiger partial charge in [-0.05, 0) is 97.1 Å². The third kappa shape index (κ3) is 3.93. The van der Waals surface area contributed by atoms with Gasteiger partial charge in [-0.25, -0.2) is 4.79 Å². The SMILES string of the molecule is O=C(O)c1cnn(Cc2ccc(Nc3ccc(C45CC6CC(CC(C6)C4)C5)cc3Cl)cc2)c1.